The van der Waals surface area contributed by atoms with E-state index in [0.717, 1.165) is 43.9 Å². The molecule has 1 saturated heterocycles. The van der Waals surface area contributed by atoms with Gasteiger partial charge < -0.3 is 10.6 Å². The Balaban J connectivity index is 0.00000225. The van der Waals surface area contributed by atoms with Crippen molar-refractivity contribution < 1.29 is 4.79 Å². The molecule has 0 aromatic heterocycles. The van der Waals surface area contributed by atoms with Crippen LogP contribution in [-0.4, -0.2) is 41.9 Å². The van der Waals surface area contributed by atoms with Crippen molar-refractivity contribution in [2.75, 3.05) is 26.2 Å². The van der Waals surface area contributed by atoms with E-state index in [1.54, 1.807) is 0 Å². The van der Waals surface area contributed by atoms with E-state index >= 15 is 0 Å². The summed E-state index contributed by atoms with van der Waals surface area (Å²) in [5.41, 5.74) is 10.0. The van der Waals surface area contributed by atoms with E-state index in [1.165, 1.54) is 11.1 Å². The maximum Gasteiger partial charge on any atom is 0.253 e. The normalized spacial score (nSPS) is 14.9. The summed E-state index contributed by atoms with van der Waals surface area (Å²) < 4.78 is 0. The zero-order valence-electron chi connectivity index (χ0n) is 14.6. The van der Waals surface area contributed by atoms with Gasteiger partial charge in [-0.15, -0.1) is 12.4 Å². The van der Waals surface area contributed by atoms with Crippen LogP contribution >= 0.6 is 12.4 Å². The fourth-order valence-corrected chi connectivity index (χ4v) is 3.14. The van der Waals surface area contributed by atoms with Gasteiger partial charge in [0.15, 0.2) is 0 Å². The second-order valence-corrected chi connectivity index (χ2v) is 6.46. The van der Waals surface area contributed by atoms with Crippen LogP contribution in [0.1, 0.15) is 27.0 Å². The van der Waals surface area contributed by atoms with Crippen molar-refractivity contribution in [3.8, 4) is 0 Å². The number of halogens is 1. The van der Waals surface area contributed by atoms with Crippen LogP contribution in [0.2, 0.25) is 0 Å². The van der Waals surface area contributed by atoms with Crippen LogP contribution in [0.25, 0.3) is 0 Å². The highest BCUT2D eigenvalue weighted by Crippen LogP contribution is 2.13. The SMILES string of the molecule is Cc1cccc(CN2CCN(C(=O)c3ccc(CN)cc3)CC2)c1.Cl. The van der Waals surface area contributed by atoms with Crippen molar-refractivity contribution in [2.24, 2.45) is 5.73 Å². The molecule has 25 heavy (non-hydrogen) atoms. The first-order valence-electron chi connectivity index (χ1n) is 8.52. The molecule has 2 aromatic carbocycles. The Morgan fingerprint density at radius 2 is 1.68 bits per heavy atom. The standard InChI is InChI=1S/C20H25N3O.ClH/c1-16-3-2-4-18(13-16)15-22-9-11-23(12-10-22)20(24)19-7-5-17(14-21)6-8-19;/h2-8,13H,9-12,14-15,21H2,1H3;1H. The lowest BCUT2D eigenvalue weighted by Crippen LogP contribution is -2.48. The fraction of sp³-hybridized carbons (Fsp3) is 0.350. The molecular formula is C20H26ClN3O. The topological polar surface area (TPSA) is 49.6 Å². The highest BCUT2D eigenvalue weighted by molar-refractivity contribution is 5.94. The molecule has 1 heterocycles. The minimum absolute atomic E-state index is 0. The third-order valence-corrected chi connectivity index (χ3v) is 4.58. The average molecular weight is 360 g/mol. The molecule has 134 valence electrons. The van der Waals surface area contributed by atoms with Gasteiger partial charge >= 0.3 is 0 Å². The van der Waals surface area contributed by atoms with E-state index in [1.807, 2.05) is 29.2 Å². The van der Waals surface area contributed by atoms with E-state index in [0.29, 0.717) is 6.54 Å². The molecule has 1 aliphatic rings. The van der Waals surface area contributed by atoms with Crippen molar-refractivity contribution in [1.82, 2.24) is 9.80 Å². The quantitative estimate of drug-likeness (QED) is 0.913. The summed E-state index contributed by atoms with van der Waals surface area (Å²) in [6, 6.07) is 16.3. The van der Waals surface area contributed by atoms with Crippen molar-refractivity contribution in [1.29, 1.82) is 0 Å². The molecule has 1 fully saturated rings. The zero-order valence-corrected chi connectivity index (χ0v) is 15.5. The lowest BCUT2D eigenvalue weighted by Gasteiger charge is -2.34. The van der Waals surface area contributed by atoms with Gasteiger partial charge in [0.2, 0.25) is 0 Å². The highest BCUT2D eigenvalue weighted by Gasteiger charge is 2.22. The molecule has 0 aliphatic carbocycles. The summed E-state index contributed by atoms with van der Waals surface area (Å²) in [4.78, 5) is 16.9. The number of carbonyl (C=O) groups excluding carboxylic acids is 1. The molecule has 0 radical (unpaired) electrons. The number of hydrogen-bond acceptors (Lipinski definition) is 3. The molecule has 4 nitrogen and oxygen atoms in total. The summed E-state index contributed by atoms with van der Waals surface area (Å²) >= 11 is 0. The Hall–Kier alpha value is -1.88. The second kappa shape index (κ2) is 8.99. The van der Waals surface area contributed by atoms with Gasteiger partial charge in [-0.2, -0.15) is 0 Å². The predicted octanol–water partition coefficient (Wildman–Crippen LogP) is 2.83. The van der Waals surface area contributed by atoms with E-state index in [9.17, 15) is 4.79 Å². The van der Waals surface area contributed by atoms with E-state index in [-0.39, 0.29) is 18.3 Å². The number of benzene rings is 2. The number of carbonyl (C=O) groups is 1. The summed E-state index contributed by atoms with van der Waals surface area (Å²) in [7, 11) is 0. The molecule has 5 heteroatoms. The molecule has 0 saturated carbocycles. The first-order valence-corrected chi connectivity index (χ1v) is 8.52. The maximum absolute atomic E-state index is 12.6. The van der Waals surface area contributed by atoms with Gasteiger partial charge in [-0.1, -0.05) is 42.0 Å². The third-order valence-electron chi connectivity index (χ3n) is 4.58. The second-order valence-electron chi connectivity index (χ2n) is 6.46. The van der Waals surface area contributed by atoms with Gasteiger partial charge in [-0.25, -0.2) is 0 Å². The molecule has 2 aromatic rings. The molecule has 1 amide bonds. The average Bonchev–Trinajstić information content (AvgIpc) is 2.62. The van der Waals surface area contributed by atoms with Crippen molar-refractivity contribution >= 4 is 18.3 Å². The number of aryl methyl sites for hydroxylation is 1. The first-order chi connectivity index (χ1) is 11.7. The Morgan fingerprint density at radius 3 is 2.28 bits per heavy atom. The largest absolute Gasteiger partial charge is 0.336 e. The maximum atomic E-state index is 12.6. The molecule has 0 bridgehead atoms. The summed E-state index contributed by atoms with van der Waals surface area (Å²) in [6.45, 7) is 6.98. The van der Waals surface area contributed by atoms with Crippen LogP contribution in [0.4, 0.5) is 0 Å². The smallest absolute Gasteiger partial charge is 0.253 e. The molecule has 0 atom stereocenters. The lowest BCUT2D eigenvalue weighted by atomic mass is 10.1. The molecule has 1 aliphatic heterocycles. The number of nitrogens with zero attached hydrogens (tertiary/aromatic N) is 2. The van der Waals surface area contributed by atoms with Crippen LogP contribution in [0.3, 0.4) is 0 Å². The Bertz CT molecular complexity index is 694. The summed E-state index contributed by atoms with van der Waals surface area (Å²) in [5.74, 6) is 0.119. The van der Waals surface area contributed by atoms with Gasteiger partial charge in [0.05, 0.1) is 0 Å². The number of rotatable bonds is 4. The van der Waals surface area contributed by atoms with Crippen molar-refractivity contribution in [3.05, 3.63) is 70.8 Å². The van der Waals surface area contributed by atoms with Gasteiger partial charge in [-0.3, -0.25) is 9.69 Å². The minimum atomic E-state index is 0. The molecule has 0 spiro atoms. The Kier molecular flexibility index (Phi) is 7.00. The molecule has 3 rings (SSSR count). The van der Waals surface area contributed by atoms with Crippen LogP contribution in [0.5, 0.6) is 0 Å². The zero-order chi connectivity index (χ0) is 16.9. The fourth-order valence-electron chi connectivity index (χ4n) is 3.14. The van der Waals surface area contributed by atoms with Gasteiger partial charge in [0.1, 0.15) is 0 Å². The monoisotopic (exact) mass is 359 g/mol. The van der Waals surface area contributed by atoms with Crippen molar-refractivity contribution in [2.45, 2.75) is 20.0 Å². The molecular weight excluding hydrogens is 334 g/mol. The summed E-state index contributed by atoms with van der Waals surface area (Å²) in [5, 5.41) is 0. The Morgan fingerprint density at radius 1 is 1.00 bits per heavy atom. The third kappa shape index (κ3) is 5.05. The number of hydrogen-bond donors (Lipinski definition) is 1. The van der Waals surface area contributed by atoms with Gasteiger partial charge in [0.25, 0.3) is 5.91 Å². The van der Waals surface area contributed by atoms with Crippen LogP contribution in [0, 0.1) is 6.92 Å². The number of amides is 1. The van der Waals surface area contributed by atoms with Crippen LogP contribution in [-0.2, 0) is 13.1 Å². The van der Waals surface area contributed by atoms with Crippen LogP contribution in [0.15, 0.2) is 48.5 Å². The van der Waals surface area contributed by atoms with Crippen molar-refractivity contribution in [3.63, 3.8) is 0 Å². The predicted molar refractivity (Wildman–Crippen MR) is 104 cm³/mol. The molecule has 2 N–H and O–H groups in total. The molecule has 0 unspecified atom stereocenters. The number of nitrogens with two attached hydrogens (primary N) is 1. The van der Waals surface area contributed by atoms with E-state index in [2.05, 4.69) is 36.1 Å². The van der Waals surface area contributed by atoms with E-state index in [4.69, 9.17) is 5.73 Å². The van der Waals surface area contributed by atoms with E-state index < -0.39 is 0 Å². The Labute approximate surface area is 156 Å². The van der Waals surface area contributed by atoms with Gasteiger partial charge in [0, 0.05) is 44.8 Å². The highest BCUT2D eigenvalue weighted by atomic mass is 35.5. The van der Waals surface area contributed by atoms with Crippen LogP contribution < -0.4 is 5.73 Å². The minimum Gasteiger partial charge on any atom is -0.336 e. The van der Waals surface area contributed by atoms with Gasteiger partial charge in [-0.05, 0) is 30.2 Å². The number of piperazine rings is 1. The lowest BCUT2D eigenvalue weighted by molar-refractivity contribution is 0.0628. The summed E-state index contributed by atoms with van der Waals surface area (Å²) in [6.07, 6.45) is 0. The first kappa shape index (κ1) is 19.4.